The lowest BCUT2D eigenvalue weighted by atomic mass is 10.3. The maximum atomic E-state index is 10.8. The van der Waals surface area contributed by atoms with E-state index in [0.717, 1.165) is 37.6 Å². The number of nitrogens with zero attached hydrogens (tertiary/aromatic N) is 4. The Morgan fingerprint density at radius 3 is 1.93 bits per heavy atom. The second kappa shape index (κ2) is 9.37. The summed E-state index contributed by atoms with van der Waals surface area (Å²) in [4.78, 5) is 15.8. The van der Waals surface area contributed by atoms with Crippen molar-refractivity contribution in [1.29, 1.82) is 0 Å². The minimum absolute atomic E-state index is 0.396. The summed E-state index contributed by atoms with van der Waals surface area (Å²) in [5.74, 6) is 1.43. The molecule has 1 saturated heterocycles. The summed E-state index contributed by atoms with van der Waals surface area (Å²) >= 11 is 0. The van der Waals surface area contributed by atoms with Gasteiger partial charge in [0.1, 0.15) is 0 Å². The molecule has 0 saturated carbocycles. The molecule has 0 atom stereocenters. The van der Waals surface area contributed by atoms with Gasteiger partial charge in [0.2, 0.25) is 28.7 Å². The van der Waals surface area contributed by atoms with Gasteiger partial charge in [-0.2, -0.15) is 15.0 Å². The molecule has 1 fully saturated rings. The maximum absolute atomic E-state index is 10.8. The molecule has 11 heteroatoms. The Labute approximate surface area is 175 Å². The number of anilines is 6. The quantitative estimate of drug-likeness (QED) is 0.359. The van der Waals surface area contributed by atoms with E-state index in [1.165, 1.54) is 0 Å². The summed E-state index contributed by atoms with van der Waals surface area (Å²) in [5.41, 5.74) is 2.09. The van der Waals surface area contributed by atoms with Crippen LogP contribution in [0, 0.1) is 0 Å². The third kappa shape index (κ3) is 5.33. The van der Waals surface area contributed by atoms with Gasteiger partial charge >= 0.3 is 0 Å². The zero-order chi connectivity index (χ0) is 20.8. The largest absolute Gasteiger partial charge is 0.338 e. The molecule has 0 aliphatic carbocycles. The SMILES string of the molecule is O=[SH](=O)Nc1ccc(Nc2nc(Nc3ccccc3)nc(N3CCNCC3)n2)cc1. The minimum Gasteiger partial charge on any atom is -0.338 e. The van der Waals surface area contributed by atoms with Crippen LogP contribution < -0.4 is 25.6 Å². The molecule has 3 aromatic rings. The Morgan fingerprint density at radius 1 is 0.767 bits per heavy atom. The highest BCUT2D eigenvalue weighted by Crippen LogP contribution is 2.21. The fraction of sp³-hybridized carbons (Fsp3) is 0.211. The molecule has 10 nitrogen and oxygen atoms in total. The van der Waals surface area contributed by atoms with Crippen molar-refractivity contribution in [1.82, 2.24) is 20.3 Å². The Balaban J connectivity index is 1.59. The third-order valence-electron chi connectivity index (χ3n) is 4.41. The standard InChI is InChI=1S/C19H22N8O2S/c28-30(29)26-16-8-6-15(7-9-16)22-18-23-17(21-14-4-2-1-3-5-14)24-19(25-18)27-12-10-20-11-13-27/h1-9,20,30H,10-13H2,(H,26,28,29)(H2,21,22,23,24,25). The number of thiol groups is 1. The van der Waals surface area contributed by atoms with E-state index in [-0.39, 0.29) is 0 Å². The predicted molar refractivity (Wildman–Crippen MR) is 118 cm³/mol. The zero-order valence-corrected chi connectivity index (χ0v) is 17.0. The van der Waals surface area contributed by atoms with E-state index in [4.69, 9.17) is 0 Å². The lowest BCUT2D eigenvalue weighted by Crippen LogP contribution is -2.44. The van der Waals surface area contributed by atoms with Crippen LogP contribution in [0.25, 0.3) is 0 Å². The zero-order valence-electron chi connectivity index (χ0n) is 16.1. The molecule has 4 N–H and O–H groups in total. The highest BCUT2D eigenvalue weighted by molar-refractivity contribution is 7.73. The average molecular weight is 427 g/mol. The van der Waals surface area contributed by atoms with Gasteiger partial charge < -0.3 is 20.9 Å². The summed E-state index contributed by atoms with van der Waals surface area (Å²) < 4.78 is 23.9. The summed E-state index contributed by atoms with van der Waals surface area (Å²) in [6.45, 7) is 3.35. The number of benzene rings is 2. The lowest BCUT2D eigenvalue weighted by Gasteiger charge is -2.27. The van der Waals surface area contributed by atoms with Crippen LogP contribution in [0.5, 0.6) is 0 Å². The molecule has 0 amide bonds. The molecule has 1 aliphatic rings. The lowest BCUT2D eigenvalue weighted by molar-refractivity contribution is 0.579. The van der Waals surface area contributed by atoms with Crippen LogP contribution in [0.3, 0.4) is 0 Å². The number of hydrogen-bond acceptors (Lipinski definition) is 9. The van der Waals surface area contributed by atoms with Crippen molar-refractivity contribution in [3.8, 4) is 0 Å². The van der Waals surface area contributed by atoms with Crippen molar-refractivity contribution < 1.29 is 8.42 Å². The number of aromatic nitrogens is 3. The van der Waals surface area contributed by atoms with Crippen LogP contribution in [0.1, 0.15) is 0 Å². The summed E-state index contributed by atoms with van der Waals surface area (Å²) in [5, 5.41) is 9.70. The molecule has 0 radical (unpaired) electrons. The monoisotopic (exact) mass is 426 g/mol. The van der Waals surface area contributed by atoms with Crippen molar-refractivity contribution in [2.24, 2.45) is 0 Å². The number of rotatable bonds is 7. The molecule has 0 bridgehead atoms. The molecule has 1 aliphatic heterocycles. The molecule has 0 unspecified atom stereocenters. The van der Waals surface area contributed by atoms with Crippen molar-refractivity contribution >= 4 is 45.8 Å². The van der Waals surface area contributed by atoms with E-state index in [0.29, 0.717) is 23.5 Å². The summed E-state index contributed by atoms with van der Waals surface area (Å²) in [6, 6.07) is 16.5. The maximum Gasteiger partial charge on any atom is 0.233 e. The first kappa shape index (κ1) is 19.9. The molecule has 2 heterocycles. The van der Waals surface area contributed by atoms with Crippen LogP contribution in [-0.4, -0.2) is 49.5 Å². The Hall–Kier alpha value is -3.44. The van der Waals surface area contributed by atoms with E-state index in [9.17, 15) is 8.42 Å². The van der Waals surface area contributed by atoms with Crippen molar-refractivity contribution in [3.63, 3.8) is 0 Å². The average Bonchev–Trinajstić information content (AvgIpc) is 2.76. The van der Waals surface area contributed by atoms with Gasteiger partial charge in [-0.3, -0.25) is 4.72 Å². The van der Waals surface area contributed by atoms with Gasteiger partial charge in [-0.05, 0) is 36.4 Å². The van der Waals surface area contributed by atoms with Crippen molar-refractivity contribution in [3.05, 3.63) is 54.6 Å². The van der Waals surface area contributed by atoms with E-state index in [1.807, 2.05) is 30.3 Å². The molecule has 156 valence electrons. The first-order valence-corrected chi connectivity index (χ1v) is 10.7. The third-order valence-corrected chi connectivity index (χ3v) is 4.86. The fourth-order valence-corrected chi connectivity index (χ4v) is 3.36. The number of para-hydroxylation sites is 1. The Kier molecular flexibility index (Phi) is 6.20. The van der Waals surface area contributed by atoms with Gasteiger partial charge in [-0.1, -0.05) is 18.2 Å². The van der Waals surface area contributed by atoms with E-state index >= 15 is 0 Å². The fourth-order valence-electron chi connectivity index (χ4n) is 3.00. The molecular weight excluding hydrogens is 404 g/mol. The summed E-state index contributed by atoms with van der Waals surface area (Å²) in [6.07, 6.45) is 0. The van der Waals surface area contributed by atoms with Gasteiger partial charge in [0.25, 0.3) is 0 Å². The van der Waals surface area contributed by atoms with Gasteiger partial charge in [0.15, 0.2) is 0 Å². The molecule has 2 aromatic carbocycles. The highest BCUT2D eigenvalue weighted by atomic mass is 32.2. The first-order valence-electron chi connectivity index (χ1n) is 9.48. The van der Waals surface area contributed by atoms with Gasteiger partial charge in [-0.25, -0.2) is 8.42 Å². The second-order valence-electron chi connectivity index (χ2n) is 6.58. The molecule has 0 spiro atoms. The van der Waals surface area contributed by atoms with Crippen molar-refractivity contribution in [2.45, 2.75) is 0 Å². The van der Waals surface area contributed by atoms with Gasteiger partial charge in [0.05, 0.1) is 0 Å². The number of hydrogen-bond donors (Lipinski definition) is 5. The van der Waals surface area contributed by atoms with Crippen LogP contribution >= 0.6 is 0 Å². The normalized spacial score (nSPS) is 13.8. The highest BCUT2D eigenvalue weighted by Gasteiger charge is 2.16. The van der Waals surface area contributed by atoms with Gasteiger partial charge in [0, 0.05) is 43.2 Å². The molecular formula is C19H22N8O2S. The first-order chi connectivity index (χ1) is 14.7. The Morgan fingerprint density at radius 2 is 1.33 bits per heavy atom. The second-order valence-corrected chi connectivity index (χ2v) is 7.32. The van der Waals surface area contributed by atoms with E-state index in [1.54, 1.807) is 24.3 Å². The smallest absolute Gasteiger partial charge is 0.233 e. The molecule has 4 rings (SSSR count). The number of piperazine rings is 1. The minimum atomic E-state index is -2.70. The van der Waals surface area contributed by atoms with Crippen LogP contribution in [-0.2, 0) is 10.9 Å². The van der Waals surface area contributed by atoms with Crippen molar-refractivity contribution in [2.75, 3.05) is 46.4 Å². The number of nitrogens with one attached hydrogen (secondary N) is 4. The Bertz CT molecular complexity index is 1050. The molecule has 30 heavy (non-hydrogen) atoms. The van der Waals surface area contributed by atoms with Gasteiger partial charge in [-0.15, -0.1) is 0 Å². The summed E-state index contributed by atoms with van der Waals surface area (Å²) in [7, 11) is -2.70. The molecule has 1 aromatic heterocycles. The van der Waals surface area contributed by atoms with Crippen LogP contribution in [0.4, 0.5) is 34.9 Å². The van der Waals surface area contributed by atoms with Crippen LogP contribution in [0.2, 0.25) is 0 Å². The van der Waals surface area contributed by atoms with E-state index < -0.39 is 10.9 Å². The van der Waals surface area contributed by atoms with Crippen LogP contribution in [0.15, 0.2) is 54.6 Å². The topological polar surface area (TPSA) is 124 Å². The predicted octanol–water partition coefficient (Wildman–Crippen LogP) is 1.71. The van der Waals surface area contributed by atoms with E-state index in [2.05, 4.69) is 40.5 Å².